The third kappa shape index (κ3) is 3.33. The Hall–Kier alpha value is -1.24. The Kier molecular flexibility index (Phi) is 4.37. The minimum atomic E-state index is -0.267. The number of rotatable bonds is 3. The fraction of sp³-hybridized carbons (Fsp3) is 0.375. The third-order valence-electron chi connectivity index (χ3n) is 3.94. The van der Waals surface area contributed by atoms with E-state index in [0.717, 1.165) is 24.1 Å². The lowest BCUT2D eigenvalue weighted by atomic mass is 10.0. The molecule has 0 saturated heterocycles. The molecule has 3 nitrogen and oxygen atoms in total. The van der Waals surface area contributed by atoms with Gasteiger partial charge in [-0.25, -0.2) is 9.37 Å². The Morgan fingerprint density at radius 1 is 1.33 bits per heavy atom. The number of hydrogen-bond acceptors (Lipinski definition) is 2. The van der Waals surface area contributed by atoms with Crippen molar-refractivity contribution < 1.29 is 4.39 Å². The molecule has 1 N–H and O–H groups in total. The van der Waals surface area contributed by atoms with E-state index in [1.54, 1.807) is 6.07 Å². The molecule has 0 spiro atoms. The average molecular weight is 398 g/mol. The largest absolute Gasteiger partial charge is 0.309 e. The molecule has 1 aliphatic carbocycles. The van der Waals surface area contributed by atoms with Crippen molar-refractivity contribution in [3.8, 4) is 0 Å². The van der Waals surface area contributed by atoms with Gasteiger partial charge in [-0.05, 0) is 53.1 Å². The van der Waals surface area contributed by atoms with E-state index in [4.69, 9.17) is 0 Å². The molecule has 0 bridgehead atoms. The van der Waals surface area contributed by atoms with Gasteiger partial charge in [0.05, 0.1) is 9.26 Å². The zero-order valence-electron chi connectivity index (χ0n) is 11.5. The summed E-state index contributed by atoms with van der Waals surface area (Å²) in [6, 6.07) is 6.41. The monoisotopic (exact) mass is 398 g/mol. The lowest BCUT2D eigenvalue weighted by molar-refractivity contribution is 0.625. The second-order valence-electron chi connectivity index (χ2n) is 5.50. The maximum Gasteiger partial charge on any atom is 0.264 e. The van der Waals surface area contributed by atoms with Gasteiger partial charge >= 0.3 is 0 Å². The van der Waals surface area contributed by atoms with Gasteiger partial charge < -0.3 is 4.98 Å². The SMILES string of the molecule is O=c1[nH]c(Cc2cccc(F)c2)nc(C2CCCC2)c1I. The van der Waals surface area contributed by atoms with E-state index in [9.17, 15) is 9.18 Å². The molecule has 21 heavy (non-hydrogen) atoms. The van der Waals surface area contributed by atoms with E-state index in [1.165, 1.54) is 25.0 Å². The number of H-pyrrole nitrogens is 1. The first-order valence-electron chi connectivity index (χ1n) is 7.16. The van der Waals surface area contributed by atoms with Gasteiger partial charge in [0.2, 0.25) is 0 Å². The molecule has 1 fully saturated rings. The number of nitrogens with one attached hydrogen (secondary N) is 1. The van der Waals surface area contributed by atoms with Gasteiger partial charge in [-0.3, -0.25) is 4.79 Å². The average Bonchev–Trinajstić information content (AvgIpc) is 2.96. The highest BCUT2D eigenvalue weighted by molar-refractivity contribution is 14.1. The molecule has 110 valence electrons. The first-order chi connectivity index (χ1) is 10.1. The molecular weight excluding hydrogens is 382 g/mol. The smallest absolute Gasteiger partial charge is 0.264 e. The molecule has 1 aromatic heterocycles. The van der Waals surface area contributed by atoms with Crippen LogP contribution in [0, 0.1) is 9.39 Å². The molecule has 3 rings (SSSR count). The van der Waals surface area contributed by atoms with E-state index in [0.29, 0.717) is 21.7 Å². The van der Waals surface area contributed by atoms with Gasteiger partial charge in [-0.1, -0.05) is 25.0 Å². The van der Waals surface area contributed by atoms with Crippen molar-refractivity contribution in [1.82, 2.24) is 9.97 Å². The number of nitrogens with zero attached hydrogens (tertiary/aromatic N) is 1. The fourth-order valence-electron chi connectivity index (χ4n) is 2.92. The number of benzene rings is 1. The van der Waals surface area contributed by atoms with Crippen LogP contribution in [0.4, 0.5) is 4.39 Å². The Labute approximate surface area is 136 Å². The molecule has 0 aliphatic heterocycles. The van der Waals surface area contributed by atoms with Gasteiger partial charge in [-0.15, -0.1) is 0 Å². The molecule has 0 unspecified atom stereocenters. The van der Waals surface area contributed by atoms with Crippen LogP contribution in [-0.2, 0) is 6.42 Å². The van der Waals surface area contributed by atoms with Gasteiger partial charge in [-0.2, -0.15) is 0 Å². The minimum absolute atomic E-state index is 0.0843. The maximum atomic E-state index is 13.2. The summed E-state index contributed by atoms with van der Waals surface area (Å²) in [6.45, 7) is 0. The van der Waals surface area contributed by atoms with Crippen molar-refractivity contribution in [2.24, 2.45) is 0 Å². The van der Waals surface area contributed by atoms with Crippen molar-refractivity contribution in [3.05, 3.63) is 61.1 Å². The fourth-order valence-corrected chi connectivity index (χ4v) is 3.61. The van der Waals surface area contributed by atoms with Gasteiger partial charge in [0.1, 0.15) is 11.6 Å². The van der Waals surface area contributed by atoms with Crippen LogP contribution in [0.5, 0.6) is 0 Å². The van der Waals surface area contributed by atoms with E-state index in [-0.39, 0.29) is 11.4 Å². The molecular formula is C16H16FIN2O. The van der Waals surface area contributed by atoms with Crippen molar-refractivity contribution in [2.45, 2.75) is 38.0 Å². The van der Waals surface area contributed by atoms with Gasteiger partial charge in [0, 0.05) is 12.3 Å². The zero-order chi connectivity index (χ0) is 14.8. The third-order valence-corrected chi connectivity index (χ3v) is 4.98. The predicted molar refractivity (Wildman–Crippen MR) is 88.0 cm³/mol. The normalized spacial score (nSPS) is 15.5. The highest BCUT2D eigenvalue weighted by atomic mass is 127. The van der Waals surface area contributed by atoms with Gasteiger partial charge in [0.25, 0.3) is 5.56 Å². The van der Waals surface area contributed by atoms with Crippen molar-refractivity contribution >= 4 is 22.6 Å². The van der Waals surface area contributed by atoms with E-state index < -0.39 is 0 Å². The summed E-state index contributed by atoms with van der Waals surface area (Å²) in [6.07, 6.45) is 5.06. The highest BCUT2D eigenvalue weighted by Gasteiger charge is 2.22. The van der Waals surface area contributed by atoms with Crippen molar-refractivity contribution in [1.29, 1.82) is 0 Å². The van der Waals surface area contributed by atoms with Crippen molar-refractivity contribution in [3.63, 3.8) is 0 Å². The topological polar surface area (TPSA) is 45.8 Å². The van der Waals surface area contributed by atoms with Crippen molar-refractivity contribution in [2.75, 3.05) is 0 Å². The molecule has 1 heterocycles. The number of aromatic amines is 1. The molecule has 1 aromatic carbocycles. The molecule has 0 radical (unpaired) electrons. The van der Waals surface area contributed by atoms with Crippen LogP contribution < -0.4 is 5.56 Å². The van der Waals surface area contributed by atoms with Crippen LogP contribution in [0.25, 0.3) is 0 Å². The lowest BCUT2D eigenvalue weighted by Crippen LogP contribution is -2.19. The van der Waals surface area contributed by atoms with Crippen LogP contribution in [0.1, 0.15) is 48.7 Å². The summed E-state index contributed by atoms with van der Waals surface area (Å²) >= 11 is 2.08. The predicted octanol–water partition coefficient (Wildman–Crippen LogP) is 3.76. The number of halogens is 2. The summed E-state index contributed by atoms with van der Waals surface area (Å²) < 4.78 is 13.9. The van der Waals surface area contributed by atoms with Crippen LogP contribution in [0.2, 0.25) is 0 Å². The molecule has 5 heteroatoms. The Bertz CT molecular complexity index is 708. The maximum absolute atomic E-state index is 13.2. The van der Waals surface area contributed by atoms with Crippen LogP contribution in [-0.4, -0.2) is 9.97 Å². The Morgan fingerprint density at radius 3 is 2.81 bits per heavy atom. The molecule has 2 aromatic rings. The summed E-state index contributed by atoms with van der Waals surface area (Å²) in [4.78, 5) is 19.6. The first kappa shape index (κ1) is 14.7. The lowest BCUT2D eigenvalue weighted by Gasteiger charge is -2.12. The second-order valence-corrected chi connectivity index (χ2v) is 6.58. The zero-order valence-corrected chi connectivity index (χ0v) is 13.7. The van der Waals surface area contributed by atoms with E-state index >= 15 is 0 Å². The Balaban J connectivity index is 1.94. The molecule has 0 atom stereocenters. The number of aromatic nitrogens is 2. The summed E-state index contributed by atoms with van der Waals surface area (Å²) in [5.41, 5.74) is 1.65. The summed E-state index contributed by atoms with van der Waals surface area (Å²) in [7, 11) is 0. The Morgan fingerprint density at radius 2 is 2.10 bits per heavy atom. The molecule has 1 saturated carbocycles. The molecule has 1 aliphatic rings. The standard InChI is InChI=1S/C16H16FIN2O/c17-12-7-3-4-10(8-12)9-13-19-15(11-5-1-2-6-11)14(18)16(21)20-13/h3-4,7-8,11H,1-2,5-6,9H2,(H,19,20,21). The van der Waals surface area contributed by atoms with Crippen LogP contribution in [0.15, 0.2) is 29.1 Å². The second kappa shape index (κ2) is 6.25. The quantitative estimate of drug-likeness (QED) is 0.801. The van der Waals surface area contributed by atoms with Crippen LogP contribution in [0.3, 0.4) is 0 Å². The summed E-state index contributed by atoms with van der Waals surface area (Å²) in [5, 5.41) is 0. The number of hydrogen-bond donors (Lipinski definition) is 1. The van der Waals surface area contributed by atoms with E-state index in [1.807, 2.05) is 6.07 Å². The highest BCUT2D eigenvalue weighted by Crippen LogP contribution is 2.34. The first-order valence-corrected chi connectivity index (χ1v) is 8.24. The molecule has 0 amide bonds. The van der Waals surface area contributed by atoms with Crippen LogP contribution >= 0.6 is 22.6 Å². The summed E-state index contributed by atoms with van der Waals surface area (Å²) in [5.74, 6) is 0.745. The van der Waals surface area contributed by atoms with E-state index in [2.05, 4.69) is 32.6 Å². The minimum Gasteiger partial charge on any atom is -0.309 e. The van der Waals surface area contributed by atoms with Gasteiger partial charge in [0.15, 0.2) is 0 Å².